The zero-order valence-corrected chi connectivity index (χ0v) is 19.9. The minimum atomic E-state index is -3.79. The molecule has 4 rings (SSSR count). The normalized spacial score (nSPS) is 16.6. The summed E-state index contributed by atoms with van der Waals surface area (Å²) in [6.07, 6.45) is 0.762. The first-order valence-corrected chi connectivity index (χ1v) is 12.4. The van der Waals surface area contributed by atoms with E-state index >= 15 is 0 Å². The molecule has 1 aliphatic heterocycles. The second-order valence-electron chi connectivity index (χ2n) is 8.91. The van der Waals surface area contributed by atoms with Gasteiger partial charge in [0.2, 0.25) is 0 Å². The molecule has 33 heavy (non-hydrogen) atoms. The Hall–Kier alpha value is -2.78. The van der Waals surface area contributed by atoms with E-state index in [9.17, 15) is 18.3 Å². The molecule has 178 valence electrons. The molecule has 2 aromatic rings. The molecule has 0 bridgehead atoms. The number of carbonyl (C=O) groups is 1. The van der Waals surface area contributed by atoms with E-state index in [1.165, 1.54) is 7.11 Å². The van der Waals surface area contributed by atoms with Crippen LogP contribution >= 0.6 is 0 Å². The number of rotatable bonds is 7. The molecule has 2 aromatic carbocycles. The van der Waals surface area contributed by atoms with Gasteiger partial charge in [-0.15, -0.1) is 0 Å². The predicted octanol–water partition coefficient (Wildman–Crippen LogP) is 4.42. The largest absolute Gasteiger partial charge is 0.495 e. The van der Waals surface area contributed by atoms with E-state index in [4.69, 9.17) is 18.4 Å². The first-order chi connectivity index (χ1) is 15.6. The lowest BCUT2D eigenvalue weighted by molar-refractivity contribution is 0.0454. The first-order valence-electron chi connectivity index (χ1n) is 10.9. The average Bonchev–Trinajstić information content (AvgIpc) is 3.57. The van der Waals surface area contributed by atoms with Crippen LogP contribution in [-0.4, -0.2) is 31.9 Å². The third-order valence-electron chi connectivity index (χ3n) is 5.60. The molecule has 1 atom stereocenters. The Labute approximate surface area is 193 Å². The molecule has 0 radical (unpaired) electrons. The van der Waals surface area contributed by atoms with E-state index in [1.807, 2.05) is 13.8 Å². The molecule has 0 unspecified atom stereocenters. The summed E-state index contributed by atoms with van der Waals surface area (Å²) in [7, 11) is -2.38. The van der Waals surface area contributed by atoms with Gasteiger partial charge in [0.05, 0.1) is 18.5 Å². The van der Waals surface area contributed by atoms with Gasteiger partial charge >= 0.3 is 16.1 Å². The Kier molecular flexibility index (Phi) is 6.28. The number of hydrogen-bond acceptors (Lipinski definition) is 8. The van der Waals surface area contributed by atoms with Crippen molar-refractivity contribution in [3.63, 3.8) is 0 Å². The topological polar surface area (TPSA) is 108 Å². The molecule has 1 saturated carbocycles. The predicted molar refractivity (Wildman–Crippen MR) is 120 cm³/mol. The highest BCUT2D eigenvalue weighted by Gasteiger charge is 2.39. The van der Waals surface area contributed by atoms with Crippen LogP contribution in [0.25, 0.3) is 0 Å². The van der Waals surface area contributed by atoms with Crippen LogP contribution in [0.1, 0.15) is 66.3 Å². The van der Waals surface area contributed by atoms with Crippen molar-refractivity contribution >= 4 is 16.1 Å². The molecule has 0 saturated heterocycles. The summed E-state index contributed by atoms with van der Waals surface area (Å²) in [5.41, 5.74) is 1.70. The zero-order chi connectivity index (χ0) is 23.9. The summed E-state index contributed by atoms with van der Waals surface area (Å²) in [5, 5.41) is 10.2. The van der Waals surface area contributed by atoms with E-state index in [-0.39, 0.29) is 41.1 Å². The van der Waals surface area contributed by atoms with Gasteiger partial charge in [-0.2, -0.15) is 8.42 Å². The van der Waals surface area contributed by atoms with Gasteiger partial charge in [0.25, 0.3) is 0 Å². The van der Waals surface area contributed by atoms with Crippen molar-refractivity contribution in [2.24, 2.45) is 5.92 Å². The number of aryl methyl sites for hydroxylation is 1. The number of fused-ring (bicyclic) bond motifs is 2. The van der Waals surface area contributed by atoms with Gasteiger partial charge in [-0.3, -0.25) is 0 Å². The quantitative estimate of drug-likeness (QED) is 0.462. The van der Waals surface area contributed by atoms with Crippen molar-refractivity contribution in [1.82, 2.24) is 0 Å². The molecule has 0 aromatic heterocycles. The fourth-order valence-electron chi connectivity index (χ4n) is 3.89. The number of ether oxygens (including phenoxy) is 3. The summed E-state index contributed by atoms with van der Waals surface area (Å²) < 4.78 is 47.6. The SMILES string of the molecule is COc1c([C@@H](O)CC(C)C)ccc2c1C(=O)OCc1cc(C)cc(OS(=O)(=O)C3CC3)c1O2. The molecular weight excluding hydrogens is 448 g/mol. The molecule has 1 aliphatic carbocycles. The maximum Gasteiger partial charge on any atom is 0.346 e. The number of aliphatic hydroxyl groups excluding tert-OH is 1. The standard InChI is InChI=1S/C24H28O8S/c1-13(2)9-18(25)17-7-8-19-21(23(17)29-4)24(26)30-12-15-10-14(3)11-20(22(15)31-19)32-33(27,28)16-5-6-16/h7-8,10-11,13,16,18,25H,5-6,9,12H2,1-4H3/t18-/m0/s1. The monoisotopic (exact) mass is 476 g/mol. The Morgan fingerprint density at radius 1 is 1.21 bits per heavy atom. The molecule has 0 spiro atoms. The Morgan fingerprint density at radius 2 is 1.94 bits per heavy atom. The van der Waals surface area contributed by atoms with E-state index in [0.717, 1.165) is 5.56 Å². The number of cyclic esters (lactones) is 1. The molecule has 8 nitrogen and oxygen atoms in total. The number of aliphatic hydroxyl groups is 1. The Bertz CT molecular complexity index is 1180. The van der Waals surface area contributed by atoms with Crippen molar-refractivity contribution in [3.8, 4) is 23.0 Å². The van der Waals surface area contributed by atoms with E-state index in [2.05, 4.69) is 0 Å². The van der Waals surface area contributed by atoms with Gasteiger partial charge in [-0.1, -0.05) is 13.8 Å². The van der Waals surface area contributed by atoms with Crippen LogP contribution in [0.4, 0.5) is 0 Å². The lowest BCUT2D eigenvalue weighted by Gasteiger charge is -2.24. The van der Waals surface area contributed by atoms with Crippen LogP contribution in [0.15, 0.2) is 24.3 Å². The second-order valence-corrected chi connectivity index (χ2v) is 10.7. The van der Waals surface area contributed by atoms with Gasteiger partial charge in [0.15, 0.2) is 11.5 Å². The van der Waals surface area contributed by atoms with Crippen molar-refractivity contribution in [2.75, 3.05) is 7.11 Å². The highest BCUT2D eigenvalue weighted by Crippen LogP contribution is 2.45. The van der Waals surface area contributed by atoms with Gasteiger partial charge in [0, 0.05) is 11.1 Å². The Balaban J connectivity index is 1.81. The summed E-state index contributed by atoms with van der Waals surface area (Å²) in [6, 6.07) is 6.52. The van der Waals surface area contributed by atoms with Gasteiger partial charge in [-0.25, -0.2) is 4.79 Å². The minimum Gasteiger partial charge on any atom is -0.495 e. The van der Waals surface area contributed by atoms with E-state index in [0.29, 0.717) is 30.4 Å². The highest BCUT2D eigenvalue weighted by molar-refractivity contribution is 7.88. The van der Waals surface area contributed by atoms with Gasteiger partial charge < -0.3 is 23.5 Å². The molecular formula is C24H28O8S. The van der Waals surface area contributed by atoms with Crippen LogP contribution in [0, 0.1) is 12.8 Å². The number of benzene rings is 2. The first kappa shape index (κ1) is 23.4. The van der Waals surface area contributed by atoms with Gasteiger partial charge in [-0.05, 0) is 61.9 Å². The fourth-order valence-corrected chi connectivity index (χ4v) is 5.11. The van der Waals surface area contributed by atoms with E-state index in [1.54, 1.807) is 31.2 Å². The van der Waals surface area contributed by atoms with Crippen molar-refractivity contribution < 1.29 is 36.7 Å². The highest BCUT2D eigenvalue weighted by atomic mass is 32.2. The second kappa shape index (κ2) is 8.87. The third-order valence-corrected chi connectivity index (χ3v) is 7.30. The lowest BCUT2D eigenvalue weighted by atomic mass is 9.96. The van der Waals surface area contributed by atoms with Crippen molar-refractivity contribution in [2.45, 2.75) is 58.0 Å². The number of esters is 1. The Morgan fingerprint density at radius 3 is 2.58 bits per heavy atom. The lowest BCUT2D eigenvalue weighted by Crippen LogP contribution is -2.17. The third kappa shape index (κ3) is 4.79. The number of methoxy groups -OCH3 is 1. The summed E-state index contributed by atoms with van der Waals surface area (Å²) >= 11 is 0. The molecule has 0 amide bonds. The molecule has 9 heteroatoms. The van der Waals surface area contributed by atoms with Crippen LogP contribution in [0.5, 0.6) is 23.0 Å². The molecule has 1 heterocycles. The van der Waals surface area contributed by atoms with Crippen molar-refractivity contribution in [3.05, 3.63) is 46.5 Å². The van der Waals surface area contributed by atoms with Crippen LogP contribution in [-0.2, 0) is 21.5 Å². The van der Waals surface area contributed by atoms with Crippen LogP contribution in [0.3, 0.4) is 0 Å². The number of carbonyl (C=O) groups excluding carboxylic acids is 1. The van der Waals surface area contributed by atoms with Crippen LogP contribution < -0.4 is 13.7 Å². The smallest absolute Gasteiger partial charge is 0.346 e. The molecule has 1 N–H and O–H groups in total. The summed E-state index contributed by atoms with van der Waals surface area (Å²) in [4.78, 5) is 13.0. The molecule has 1 fully saturated rings. The number of hydrogen-bond donors (Lipinski definition) is 1. The summed E-state index contributed by atoms with van der Waals surface area (Å²) in [6.45, 7) is 5.61. The maximum atomic E-state index is 13.0. The zero-order valence-electron chi connectivity index (χ0n) is 19.1. The fraction of sp³-hybridized carbons (Fsp3) is 0.458. The van der Waals surface area contributed by atoms with E-state index < -0.39 is 27.4 Å². The van der Waals surface area contributed by atoms with Crippen LogP contribution in [0.2, 0.25) is 0 Å². The summed E-state index contributed by atoms with van der Waals surface area (Å²) in [5.74, 6) is 0.0451. The maximum absolute atomic E-state index is 13.0. The average molecular weight is 477 g/mol. The van der Waals surface area contributed by atoms with Crippen molar-refractivity contribution in [1.29, 1.82) is 0 Å². The minimum absolute atomic E-state index is 0.0278. The van der Waals surface area contributed by atoms with Gasteiger partial charge in [0.1, 0.15) is 23.7 Å². The molecule has 2 aliphatic rings.